The number of rotatable bonds is 3. The fraction of sp³-hybridized carbons (Fsp3) is 0.211. The van der Waals surface area contributed by atoms with E-state index >= 15 is 0 Å². The molecular weight excluding hydrogens is 256 g/mol. The van der Waals surface area contributed by atoms with Crippen molar-refractivity contribution in [2.45, 2.75) is 26.7 Å². The van der Waals surface area contributed by atoms with E-state index in [1.54, 1.807) is 0 Å². The van der Waals surface area contributed by atoms with Crippen LogP contribution in [0.1, 0.15) is 30.9 Å². The van der Waals surface area contributed by atoms with Crippen molar-refractivity contribution >= 4 is 0 Å². The number of aryl methyl sites for hydroxylation is 1. The zero-order chi connectivity index (χ0) is 14.8. The van der Waals surface area contributed by atoms with Crippen molar-refractivity contribution in [2.75, 3.05) is 0 Å². The zero-order valence-electron chi connectivity index (χ0n) is 12.7. The van der Waals surface area contributed by atoms with Gasteiger partial charge in [0, 0.05) is 17.3 Å². The molecule has 0 saturated carbocycles. The third-order valence-electron chi connectivity index (χ3n) is 3.71. The maximum absolute atomic E-state index is 4.82. The number of nitrogens with zero attached hydrogens (tertiary/aromatic N) is 2. The highest BCUT2D eigenvalue weighted by Gasteiger charge is 2.14. The molecule has 1 heterocycles. The first-order chi connectivity index (χ1) is 10.1. The van der Waals surface area contributed by atoms with Crippen LogP contribution in [0.4, 0.5) is 0 Å². The Morgan fingerprint density at radius 3 is 2.19 bits per heavy atom. The van der Waals surface area contributed by atoms with Crippen LogP contribution in [0.5, 0.6) is 0 Å². The summed E-state index contributed by atoms with van der Waals surface area (Å²) >= 11 is 0. The molecule has 0 spiro atoms. The van der Waals surface area contributed by atoms with Crippen molar-refractivity contribution in [2.24, 2.45) is 0 Å². The van der Waals surface area contributed by atoms with Crippen molar-refractivity contribution < 1.29 is 0 Å². The summed E-state index contributed by atoms with van der Waals surface area (Å²) in [6, 6.07) is 18.9. The topological polar surface area (TPSA) is 17.8 Å². The second-order valence-electron chi connectivity index (χ2n) is 5.73. The lowest BCUT2D eigenvalue weighted by Crippen LogP contribution is -1.94. The van der Waals surface area contributed by atoms with E-state index in [-0.39, 0.29) is 0 Å². The van der Waals surface area contributed by atoms with E-state index in [1.165, 1.54) is 16.7 Å². The first-order valence-electron chi connectivity index (χ1n) is 7.37. The normalized spacial score (nSPS) is 11.0. The van der Waals surface area contributed by atoms with Gasteiger partial charge >= 0.3 is 0 Å². The van der Waals surface area contributed by atoms with Gasteiger partial charge < -0.3 is 0 Å². The van der Waals surface area contributed by atoms with Gasteiger partial charge in [0.2, 0.25) is 0 Å². The lowest BCUT2D eigenvalue weighted by molar-refractivity contribution is 0.858. The summed E-state index contributed by atoms with van der Waals surface area (Å²) in [5.74, 6) is 0.444. The van der Waals surface area contributed by atoms with Crippen LogP contribution in [-0.4, -0.2) is 9.78 Å². The predicted molar refractivity (Wildman–Crippen MR) is 87.8 cm³/mol. The quantitative estimate of drug-likeness (QED) is 0.660. The van der Waals surface area contributed by atoms with Crippen molar-refractivity contribution in [1.82, 2.24) is 9.78 Å². The molecule has 2 heteroatoms. The molecule has 3 rings (SSSR count). The van der Waals surface area contributed by atoms with Crippen LogP contribution in [0.3, 0.4) is 0 Å². The third kappa shape index (κ3) is 2.75. The van der Waals surface area contributed by atoms with Crippen LogP contribution >= 0.6 is 0 Å². The van der Waals surface area contributed by atoms with Crippen LogP contribution in [-0.2, 0) is 0 Å². The summed E-state index contributed by atoms with van der Waals surface area (Å²) in [7, 11) is 0. The summed E-state index contributed by atoms with van der Waals surface area (Å²) < 4.78 is 1.98. The van der Waals surface area contributed by atoms with E-state index in [2.05, 4.69) is 75.5 Å². The van der Waals surface area contributed by atoms with Crippen LogP contribution in [0.2, 0.25) is 0 Å². The minimum absolute atomic E-state index is 0.444. The summed E-state index contributed by atoms with van der Waals surface area (Å²) in [4.78, 5) is 0. The Balaban J connectivity index is 2.11. The maximum atomic E-state index is 4.82. The molecule has 1 aromatic heterocycles. The van der Waals surface area contributed by atoms with E-state index < -0.39 is 0 Å². The van der Waals surface area contributed by atoms with Crippen molar-refractivity contribution in [3.8, 4) is 16.9 Å². The van der Waals surface area contributed by atoms with E-state index in [0.717, 1.165) is 11.4 Å². The Kier molecular flexibility index (Phi) is 3.61. The molecular formula is C19H20N2. The highest BCUT2D eigenvalue weighted by atomic mass is 15.3. The molecule has 0 bridgehead atoms. The average molecular weight is 276 g/mol. The fourth-order valence-electron chi connectivity index (χ4n) is 2.46. The van der Waals surface area contributed by atoms with Crippen LogP contribution < -0.4 is 0 Å². The Hall–Kier alpha value is -2.35. The van der Waals surface area contributed by atoms with Gasteiger partial charge in [-0.2, -0.15) is 5.10 Å². The third-order valence-corrected chi connectivity index (χ3v) is 3.71. The van der Waals surface area contributed by atoms with E-state index in [1.807, 2.05) is 10.7 Å². The minimum Gasteiger partial charge on any atom is -0.240 e. The first-order valence-corrected chi connectivity index (χ1v) is 7.37. The molecule has 0 amide bonds. The molecule has 0 aliphatic heterocycles. The molecule has 0 aliphatic carbocycles. The largest absolute Gasteiger partial charge is 0.240 e. The van der Waals surface area contributed by atoms with Crippen LogP contribution in [0, 0.1) is 6.92 Å². The fourth-order valence-corrected chi connectivity index (χ4v) is 2.46. The molecule has 0 unspecified atom stereocenters. The molecule has 0 radical (unpaired) electrons. The second-order valence-corrected chi connectivity index (χ2v) is 5.73. The molecule has 106 valence electrons. The highest BCUT2D eigenvalue weighted by Crippen LogP contribution is 2.28. The number of hydrogen-bond acceptors (Lipinski definition) is 1. The van der Waals surface area contributed by atoms with Gasteiger partial charge in [-0.1, -0.05) is 61.9 Å². The molecule has 3 aromatic rings. The number of hydrogen-bond donors (Lipinski definition) is 0. The van der Waals surface area contributed by atoms with Crippen molar-refractivity contribution in [3.63, 3.8) is 0 Å². The summed E-state index contributed by atoms with van der Waals surface area (Å²) in [5, 5.41) is 4.82. The molecule has 0 aliphatic rings. The Morgan fingerprint density at radius 2 is 1.57 bits per heavy atom. The Labute approximate surface area is 126 Å². The first kappa shape index (κ1) is 13.6. The second kappa shape index (κ2) is 5.57. The SMILES string of the molecule is Cc1ccc(-n2cc(C(C)C)c(-c3ccccc3)n2)cc1. The van der Waals surface area contributed by atoms with Crippen molar-refractivity contribution in [1.29, 1.82) is 0 Å². The van der Waals surface area contributed by atoms with Crippen molar-refractivity contribution in [3.05, 3.63) is 71.9 Å². The number of benzene rings is 2. The Bertz CT molecular complexity index is 722. The standard InChI is InChI=1S/C19H20N2/c1-14(2)18-13-21(17-11-9-15(3)10-12-17)20-19(18)16-7-5-4-6-8-16/h4-14H,1-3H3. The summed E-state index contributed by atoms with van der Waals surface area (Å²) in [6.07, 6.45) is 2.15. The molecule has 0 atom stereocenters. The van der Waals surface area contributed by atoms with E-state index in [4.69, 9.17) is 5.10 Å². The van der Waals surface area contributed by atoms with Gasteiger partial charge in [-0.3, -0.25) is 0 Å². The molecule has 0 saturated heterocycles. The van der Waals surface area contributed by atoms with Crippen LogP contribution in [0.15, 0.2) is 60.8 Å². The average Bonchev–Trinajstić information content (AvgIpc) is 2.94. The summed E-state index contributed by atoms with van der Waals surface area (Å²) in [5.41, 5.74) is 5.89. The van der Waals surface area contributed by atoms with Gasteiger partial charge in [0.25, 0.3) is 0 Å². The zero-order valence-corrected chi connectivity index (χ0v) is 12.7. The molecule has 0 fully saturated rings. The molecule has 2 nitrogen and oxygen atoms in total. The smallest absolute Gasteiger partial charge is 0.0962 e. The number of aromatic nitrogens is 2. The lowest BCUT2D eigenvalue weighted by atomic mass is 10.00. The molecule has 2 aromatic carbocycles. The minimum atomic E-state index is 0.444. The Morgan fingerprint density at radius 1 is 0.905 bits per heavy atom. The molecule has 21 heavy (non-hydrogen) atoms. The predicted octanol–water partition coefficient (Wildman–Crippen LogP) is 4.97. The van der Waals surface area contributed by atoms with E-state index in [9.17, 15) is 0 Å². The van der Waals surface area contributed by atoms with E-state index in [0.29, 0.717) is 5.92 Å². The molecule has 0 N–H and O–H groups in total. The van der Waals surface area contributed by atoms with Gasteiger partial charge in [0.05, 0.1) is 11.4 Å². The van der Waals surface area contributed by atoms with Crippen LogP contribution in [0.25, 0.3) is 16.9 Å². The lowest BCUT2D eigenvalue weighted by Gasteiger charge is -2.04. The summed E-state index contributed by atoms with van der Waals surface area (Å²) in [6.45, 7) is 6.52. The van der Waals surface area contributed by atoms with Gasteiger partial charge in [0.15, 0.2) is 0 Å². The van der Waals surface area contributed by atoms with Gasteiger partial charge in [-0.15, -0.1) is 0 Å². The maximum Gasteiger partial charge on any atom is 0.0962 e. The highest BCUT2D eigenvalue weighted by molar-refractivity contribution is 5.63. The van der Waals surface area contributed by atoms with Gasteiger partial charge in [0.1, 0.15) is 0 Å². The van der Waals surface area contributed by atoms with Gasteiger partial charge in [-0.25, -0.2) is 4.68 Å². The van der Waals surface area contributed by atoms with Gasteiger partial charge in [-0.05, 0) is 25.0 Å². The monoisotopic (exact) mass is 276 g/mol.